The molecule has 1 heterocycles. The summed E-state index contributed by atoms with van der Waals surface area (Å²) in [6.45, 7) is 5.83. The number of halogens is 1. The molecule has 1 atom stereocenters. The molecule has 0 aliphatic carbocycles. The van der Waals surface area contributed by atoms with Crippen molar-refractivity contribution < 1.29 is 9.50 Å². The van der Waals surface area contributed by atoms with Crippen LogP contribution in [0.25, 0.3) is 0 Å². The number of aryl methyl sites for hydroxylation is 1. The number of aliphatic hydroxyl groups is 1. The van der Waals surface area contributed by atoms with Crippen LogP contribution in [-0.4, -0.2) is 14.9 Å². The standard InChI is InChI=1S/C14H17FN2O/c1-9(2)17-8-11(7-16-17)14(18)13-5-4-12(15)6-10(13)3/h4-9,14,18H,1-3H3. The lowest BCUT2D eigenvalue weighted by Crippen LogP contribution is -2.03. The van der Waals surface area contributed by atoms with Crippen LogP contribution in [0.3, 0.4) is 0 Å². The lowest BCUT2D eigenvalue weighted by atomic mass is 10.00. The zero-order valence-corrected chi connectivity index (χ0v) is 10.8. The quantitative estimate of drug-likeness (QED) is 0.906. The van der Waals surface area contributed by atoms with Gasteiger partial charge in [-0.3, -0.25) is 4.68 Å². The molecule has 2 rings (SSSR count). The first kappa shape index (κ1) is 12.8. The van der Waals surface area contributed by atoms with Gasteiger partial charge in [-0.25, -0.2) is 4.39 Å². The second-order valence-electron chi connectivity index (χ2n) is 4.75. The minimum Gasteiger partial charge on any atom is -0.384 e. The maximum atomic E-state index is 13.0. The number of hydrogen-bond donors (Lipinski definition) is 1. The van der Waals surface area contributed by atoms with E-state index in [2.05, 4.69) is 5.10 Å². The molecule has 0 aliphatic heterocycles. The van der Waals surface area contributed by atoms with Crippen molar-refractivity contribution in [2.75, 3.05) is 0 Å². The highest BCUT2D eigenvalue weighted by Gasteiger charge is 2.15. The van der Waals surface area contributed by atoms with E-state index in [1.54, 1.807) is 23.9 Å². The molecule has 1 aromatic carbocycles. The monoisotopic (exact) mass is 248 g/mol. The van der Waals surface area contributed by atoms with Crippen LogP contribution in [0.4, 0.5) is 4.39 Å². The van der Waals surface area contributed by atoms with E-state index in [-0.39, 0.29) is 11.9 Å². The molecule has 0 fully saturated rings. The summed E-state index contributed by atoms with van der Waals surface area (Å²) in [5.74, 6) is -0.290. The summed E-state index contributed by atoms with van der Waals surface area (Å²) in [4.78, 5) is 0. The molecule has 0 amide bonds. The Balaban J connectivity index is 2.32. The number of hydrogen-bond acceptors (Lipinski definition) is 2. The second kappa shape index (κ2) is 4.90. The van der Waals surface area contributed by atoms with Crippen LogP contribution < -0.4 is 0 Å². The molecule has 1 unspecified atom stereocenters. The summed E-state index contributed by atoms with van der Waals surface area (Å²) in [7, 11) is 0. The van der Waals surface area contributed by atoms with Gasteiger partial charge in [0.05, 0.1) is 6.20 Å². The van der Waals surface area contributed by atoms with Gasteiger partial charge in [0.15, 0.2) is 0 Å². The van der Waals surface area contributed by atoms with Gasteiger partial charge < -0.3 is 5.11 Å². The van der Waals surface area contributed by atoms with Crippen LogP contribution in [-0.2, 0) is 0 Å². The maximum Gasteiger partial charge on any atom is 0.123 e. The van der Waals surface area contributed by atoms with E-state index in [1.165, 1.54) is 12.1 Å². The fourth-order valence-corrected chi connectivity index (χ4v) is 1.90. The second-order valence-corrected chi connectivity index (χ2v) is 4.75. The molecular weight excluding hydrogens is 231 g/mol. The molecule has 0 bridgehead atoms. The van der Waals surface area contributed by atoms with Gasteiger partial charge in [0.25, 0.3) is 0 Å². The molecule has 0 saturated carbocycles. The van der Waals surface area contributed by atoms with Crippen LogP contribution in [0, 0.1) is 12.7 Å². The average molecular weight is 248 g/mol. The van der Waals surface area contributed by atoms with E-state index in [9.17, 15) is 9.50 Å². The largest absolute Gasteiger partial charge is 0.384 e. The van der Waals surface area contributed by atoms with E-state index in [4.69, 9.17) is 0 Å². The molecule has 1 aromatic heterocycles. The van der Waals surface area contributed by atoms with E-state index < -0.39 is 6.10 Å². The molecule has 2 aromatic rings. The molecule has 4 heteroatoms. The fourth-order valence-electron chi connectivity index (χ4n) is 1.90. The first-order valence-electron chi connectivity index (χ1n) is 5.97. The molecule has 18 heavy (non-hydrogen) atoms. The van der Waals surface area contributed by atoms with Crippen molar-refractivity contribution in [1.29, 1.82) is 0 Å². The lowest BCUT2D eigenvalue weighted by molar-refractivity contribution is 0.219. The molecule has 96 valence electrons. The third-order valence-electron chi connectivity index (χ3n) is 2.99. The molecule has 0 saturated heterocycles. The predicted molar refractivity (Wildman–Crippen MR) is 67.8 cm³/mol. The minimum absolute atomic E-state index is 0.250. The van der Waals surface area contributed by atoms with Gasteiger partial charge in [-0.15, -0.1) is 0 Å². The third-order valence-corrected chi connectivity index (χ3v) is 2.99. The Bertz CT molecular complexity index is 548. The third kappa shape index (κ3) is 2.43. The van der Waals surface area contributed by atoms with Gasteiger partial charge in [-0.2, -0.15) is 5.10 Å². The summed E-state index contributed by atoms with van der Waals surface area (Å²) >= 11 is 0. The summed E-state index contributed by atoms with van der Waals surface area (Å²) < 4.78 is 14.8. The van der Waals surface area contributed by atoms with Crippen LogP contribution in [0.15, 0.2) is 30.6 Å². The molecular formula is C14H17FN2O. The maximum absolute atomic E-state index is 13.0. The Morgan fingerprint density at radius 1 is 1.33 bits per heavy atom. The highest BCUT2D eigenvalue weighted by Crippen LogP contribution is 2.25. The fraction of sp³-hybridized carbons (Fsp3) is 0.357. The predicted octanol–water partition coefficient (Wildman–Crippen LogP) is 2.99. The first-order chi connectivity index (χ1) is 8.49. The number of aliphatic hydroxyl groups excluding tert-OH is 1. The van der Waals surface area contributed by atoms with Crippen LogP contribution >= 0.6 is 0 Å². The smallest absolute Gasteiger partial charge is 0.123 e. The van der Waals surface area contributed by atoms with Gasteiger partial charge >= 0.3 is 0 Å². The van der Waals surface area contributed by atoms with Crippen LogP contribution in [0.1, 0.15) is 42.7 Å². The van der Waals surface area contributed by atoms with Crippen LogP contribution in [0.2, 0.25) is 0 Å². The summed E-state index contributed by atoms with van der Waals surface area (Å²) in [5.41, 5.74) is 2.16. The normalized spacial score (nSPS) is 13.0. The Morgan fingerprint density at radius 2 is 2.06 bits per heavy atom. The highest BCUT2D eigenvalue weighted by molar-refractivity contribution is 5.34. The molecule has 1 N–H and O–H groups in total. The molecule has 0 aliphatic rings. The topological polar surface area (TPSA) is 38.1 Å². The Kier molecular flexibility index (Phi) is 3.48. The Labute approximate surface area is 106 Å². The van der Waals surface area contributed by atoms with Gasteiger partial charge in [-0.1, -0.05) is 6.07 Å². The van der Waals surface area contributed by atoms with Crippen molar-refractivity contribution in [3.05, 3.63) is 53.1 Å². The van der Waals surface area contributed by atoms with Crippen molar-refractivity contribution in [3.63, 3.8) is 0 Å². The first-order valence-corrected chi connectivity index (χ1v) is 5.97. The van der Waals surface area contributed by atoms with Crippen molar-refractivity contribution in [2.45, 2.75) is 32.9 Å². The molecule has 0 spiro atoms. The minimum atomic E-state index is -0.766. The zero-order valence-electron chi connectivity index (χ0n) is 10.8. The van der Waals surface area contributed by atoms with Gasteiger partial charge in [0, 0.05) is 17.8 Å². The Hall–Kier alpha value is -1.68. The number of nitrogens with zero attached hydrogens (tertiary/aromatic N) is 2. The zero-order chi connectivity index (χ0) is 13.3. The molecule has 0 radical (unpaired) electrons. The number of aromatic nitrogens is 2. The van der Waals surface area contributed by atoms with Crippen LogP contribution in [0.5, 0.6) is 0 Å². The van der Waals surface area contributed by atoms with Crippen molar-refractivity contribution in [2.24, 2.45) is 0 Å². The van der Waals surface area contributed by atoms with Crippen molar-refractivity contribution in [1.82, 2.24) is 9.78 Å². The SMILES string of the molecule is Cc1cc(F)ccc1C(O)c1cnn(C(C)C)c1. The Morgan fingerprint density at radius 3 is 2.61 bits per heavy atom. The summed E-state index contributed by atoms with van der Waals surface area (Å²) in [6.07, 6.45) is 2.70. The van der Waals surface area contributed by atoms with E-state index >= 15 is 0 Å². The van der Waals surface area contributed by atoms with Crippen molar-refractivity contribution in [3.8, 4) is 0 Å². The lowest BCUT2D eigenvalue weighted by Gasteiger charge is -2.12. The van der Waals surface area contributed by atoms with E-state index in [1.807, 2.05) is 20.0 Å². The number of rotatable bonds is 3. The van der Waals surface area contributed by atoms with E-state index in [0.717, 1.165) is 11.1 Å². The van der Waals surface area contributed by atoms with Gasteiger partial charge in [-0.05, 0) is 44.0 Å². The summed E-state index contributed by atoms with van der Waals surface area (Å²) in [5, 5.41) is 14.5. The van der Waals surface area contributed by atoms with Crippen molar-refractivity contribution >= 4 is 0 Å². The highest BCUT2D eigenvalue weighted by atomic mass is 19.1. The molecule has 3 nitrogen and oxygen atoms in total. The average Bonchev–Trinajstić information content (AvgIpc) is 2.77. The summed E-state index contributed by atoms with van der Waals surface area (Å²) in [6, 6.07) is 4.64. The van der Waals surface area contributed by atoms with E-state index in [0.29, 0.717) is 5.56 Å². The number of benzene rings is 1. The van der Waals surface area contributed by atoms with Gasteiger partial charge in [0.1, 0.15) is 11.9 Å². The van der Waals surface area contributed by atoms with Gasteiger partial charge in [0.2, 0.25) is 0 Å².